The summed E-state index contributed by atoms with van der Waals surface area (Å²) >= 11 is 0. The van der Waals surface area contributed by atoms with Crippen LogP contribution in [0.1, 0.15) is 46.5 Å². The van der Waals surface area contributed by atoms with E-state index in [1.807, 2.05) is 6.92 Å². The third-order valence-electron chi connectivity index (χ3n) is 3.00. The Morgan fingerprint density at radius 3 is 2.00 bits per heavy atom. The van der Waals surface area contributed by atoms with E-state index in [-0.39, 0.29) is 31.1 Å². The van der Waals surface area contributed by atoms with Crippen molar-refractivity contribution in [1.29, 1.82) is 0 Å². The molecule has 0 aliphatic heterocycles. The van der Waals surface area contributed by atoms with Crippen LogP contribution in [0.15, 0.2) is 0 Å². The number of aliphatic carboxylic acids is 2. The molecule has 8 heteroatoms. The van der Waals surface area contributed by atoms with Gasteiger partial charge in [0.25, 0.3) is 0 Å². The van der Waals surface area contributed by atoms with Crippen LogP contribution >= 0.6 is 0 Å². The van der Waals surface area contributed by atoms with Gasteiger partial charge in [-0.2, -0.15) is 0 Å². The number of carbonyl (C=O) groups is 4. The molecule has 2 atom stereocenters. The second-order valence-corrected chi connectivity index (χ2v) is 5.37. The zero-order valence-corrected chi connectivity index (χ0v) is 13.1. The number of carboxylic acids is 2. The van der Waals surface area contributed by atoms with Crippen LogP contribution in [0.5, 0.6) is 0 Å². The first-order valence-corrected chi connectivity index (χ1v) is 7.23. The minimum atomic E-state index is -1.31. The Kier molecular flexibility index (Phi) is 8.81. The molecule has 0 radical (unpaired) electrons. The Morgan fingerprint density at radius 2 is 1.59 bits per heavy atom. The van der Waals surface area contributed by atoms with E-state index in [1.165, 1.54) is 0 Å². The number of nitrogens with one attached hydrogen (secondary N) is 2. The average Bonchev–Trinajstić information content (AvgIpc) is 2.39. The van der Waals surface area contributed by atoms with Gasteiger partial charge in [0.2, 0.25) is 11.8 Å². The highest BCUT2D eigenvalue weighted by Crippen LogP contribution is 2.05. The Bertz CT molecular complexity index is 422. The minimum absolute atomic E-state index is 0.218. The lowest BCUT2D eigenvalue weighted by Gasteiger charge is -2.23. The topological polar surface area (TPSA) is 133 Å². The summed E-state index contributed by atoms with van der Waals surface area (Å²) in [5.41, 5.74) is 0. The molecule has 0 aromatic carbocycles. The van der Waals surface area contributed by atoms with Crippen molar-refractivity contribution in [2.24, 2.45) is 5.92 Å². The van der Waals surface area contributed by atoms with E-state index >= 15 is 0 Å². The fraction of sp³-hybridized carbons (Fsp3) is 0.714. The Balaban J connectivity index is 4.79. The van der Waals surface area contributed by atoms with Gasteiger partial charge in [-0.1, -0.05) is 20.8 Å². The van der Waals surface area contributed by atoms with Gasteiger partial charge in [0.05, 0.1) is 0 Å². The predicted octanol–water partition coefficient (Wildman–Crippen LogP) is 0.362. The van der Waals surface area contributed by atoms with Gasteiger partial charge in [0.15, 0.2) is 0 Å². The fourth-order valence-corrected chi connectivity index (χ4v) is 1.79. The lowest BCUT2D eigenvalue weighted by atomic mass is 10.0. The maximum atomic E-state index is 12.1. The third kappa shape index (κ3) is 7.61. The van der Waals surface area contributed by atoms with Crippen LogP contribution in [0.25, 0.3) is 0 Å². The van der Waals surface area contributed by atoms with Crippen molar-refractivity contribution in [2.45, 2.75) is 58.5 Å². The standard InChI is InChI=1S/C14H24N2O6/c1-4-5-10(17)16-12(8(2)3)13(20)15-9(14(21)22)6-7-11(18)19/h8-9,12H,4-7H2,1-3H3,(H,15,20)(H,16,17)(H,18,19)(H,21,22)/t9-,12-/m0/s1. The summed E-state index contributed by atoms with van der Waals surface area (Å²) in [4.78, 5) is 45.3. The van der Waals surface area contributed by atoms with Crippen LogP contribution in [0.4, 0.5) is 0 Å². The van der Waals surface area contributed by atoms with E-state index in [1.54, 1.807) is 13.8 Å². The van der Waals surface area contributed by atoms with E-state index in [0.717, 1.165) is 0 Å². The van der Waals surface area contributed by atoms with Crippen molar-refractivity contribution in [1.82, 2.24) is 10.6 Å². The Morgan fingerprint density at radius 1 is 1.00 bits per heavy atom. The van der Waals surface area contributed by atoms with E-state index in [4.69, 9.17) is 10.2 Å². The first-order valence-electron chi connectivity index (χ1n) is 7.23. The van der Waals surface area contributed by atoms with Gasteiger partial charge in [-0.15, -0.1) is 0 Å². The van der Waals surface area contributed by atoms with Crippen LogP contribution < -0.4 is 10.6 Å². The van der Waals surface area contributed by atoms with Gasteiger partial charge in [-0.05, 0) is 18.8 Å². The second kappa shape index (κ2) is 9.75. The molecule has 0 aliphatic rings. The quantitative estimate of drug-likeness (QED) is 0.460. The first kappa shape index (κ1) is 19.9. The largest absolute Gasteiger partial charge is 0.481 e. The van der Waals surface area contributed by atoms with E-state index in [2.05, 4.69) is 10.6 Å². The maximum Gasteiger partial charge on any atom is 0.326 e. The van der Waals surface area contributed by atoms with Gasteiger partial charge < -0.3 is 20.8 Å². The van der Waals surface area contributed by atoms with Crippen molar-refractivity contribution in [2.75, 3.05) is 0 Å². The molecule has 0 aromatic rings. The smallest absolute Gasteiger partial charge is 0.326 e. The average molecular weight is 316 g/mol. The van der Waals surface area contributed by atoms with Crippen molar-refractivity contribution < 1.29 is 29.4 Å². The van der Waals surface area contributed by atoms with Gasteiger partial charge >= 0.3 is 11.9 Å². The lowest BCUT2D eigenvalue weighted by molar-refractivity contribution is -0.143. The molecule has 0 rings (SSSR count). The Labute approximate surface area is 129 Å². The van der Waals surface area contributed by atoms with Gasteiger partial charge in [0.1, 0.15) is 12.1 Å². The van der Waals surface area contributed by atoms with E-state index < -0.39 is 29.9 Å². The highest BCUT2D eigenvalue weighted by atomic mass is 16.4. The summed E-state index contributed by atoms with van der Waals surface area (Å²) < 4.78 is 0. The SMILES string of the molecule is CCCC(=O)N[C@H](C(=O)N[C@@H](CCC(=O)O)C(=O)O)C(C)C. The number of carbonyl (C=O) groups excluding carboxylic acids is 2. The molecule has 0 aromatic heterocycles. The normalized spacial score (nSPS) is 13.3. The van der Waals surface area contributed by atoms with Crippen LogP contribution in [0.3, 0.4) is 0 Å². The second-order valence-electron chi connectivity index (χ2n) is 5.37. The molecule has 0 spiro atoms. The van der Waals surface area contributed by atoms with E-state index in [9.17, 15) is 19.2 Å². The van der Waals surface area contributed by atoms with Gasteiger partial charge in [-0.3, -0.25) is 14.4 Å². The zero-order chi connectivity index (χ0) is 17.3. The predicted molar refractivity (Wildman–Crippen MR) is 78.1 cm³/mol. The molecular weight excluding hydrogens is 292 g/mol. The number of hydrogen-bond donors (Lipinski definition) is 4. The molecule has 8 nitrogen and oxygen atoms in total. The number of rotatable bonds is 10. The molecule has 0 saturated carbocycles. The summed E-state index contributed by atoms with van der Waals surface area (Å²) in [6.45, 7) is 5.28. The maximum absolute atomic E-state index is 12.1. The fourth-order valence-electron chi connectivity index (χ4n) is 1.79. The van der Waals surface area contributed by atoms with Gasteiger partial charge in [0, 0.05) is 12.8 Å². The number of hydrogen-bond acceptors (Lipinski definition) is 4. The van der Waals surface area contributed by atoms with Crippen molar-refractivity contribution >= 4 is 23.8 Å². The number of amides is 2. The highest BCUT2D eigenvalue weighted by molar-refractivity contribution is 5.90. The minimum Gasteiger partial charge on any atom is -0.481 e. The number of carboxylic acid groups (broad SMARTS) is 2. The highest BCUT2D eigenvalue weighted by Gasteiger charge is 2.28. The van der Waals surface area contributed by atoms with Crippen molar-refractivity contribution in [3.05, 3.63) is 0 Å². The molecule has 2 amide bonds. The van der Waals surface area contributed by atoms with Crippen molar-refractivity contribution in [3.63, 3.8) is 0 Å². The first-order chi connectivity index (χ1) is 10.2. The van der Waals surface area contributed by atoms with Crippen LogP contribution in [-0.2, 0) is 19.2 Å². The van der Waals surface area contributed by atoms with Crippen LogP contribution in [0.2, 0.25) is 0 Å². The third-order valence-corrected chi connectivity index (χ3v) is 3.00. The monoisotopic (exact) mass is 316 g/mol. The van der Waals surface area contributed by atoms with Gasteiger partial charge in [-0.25, -0.2) is 4.79 Å². The molecule has 0 unspecified atom stereocenters. The summed E-state index contributed by atoms with van der Waals surface area (Å²) in [5.74, 6) is -3.59. The van der Waals surface area contributed by atoms with Crippen LogP contribution in [0, 0.1) is 5.92 Å². The molecule has 0 heterocycles. The van der Waals surface area contributed by atoms with Crippen LogP contribution in [-0.4, -0.2) is 46.0 Å². The molecule has 0 bridgehead atoms. The Hall–Kier alpha value is -2.12. The molecular formula is C14H24N2O6. The zero-order valence-electron chi connectivity index (χ0n) is 13.1. The lowest BCUT2D eigenvalue weighted by Crippen LogP contribution is -2.53. The molecule has 4 N–H and O–H groups in total. The summed E-state index contributed by atoms with van der Waals surface area (Å²) in [6.07, 6.45) is 0.322. The summed E-state index contributed by atoms with van der Waals surface area (Å²) in [5, 5.41) is 22.5. The van der Waals surface area contributed by atoms with Crippen molar-refractivity contribution in [3.8, 4) is 0 Å². The molecule has 22 heavy (non-hydrogen) atoms. The molecule has 0 aliphatic carbocycles. The molecule has 0 saturated heterocycles. The summed E-state index contributed by atoms with van der Waals surface area (Å²) in [7, 11) is 0. The molecule has 0 fully saturated rings. The van der Waals surface area contributed by atoms with E-state index in [0.29, 0.717) is 6.42 Å². The molecule has 126 valence electrons. The summed E-state index contributed by atoms with van der Waals surface area (Å²) in [6, 6.07) is -2.15.